The van der Waals surface area contributed by atoms with Gasteiger partial charge in [0.05, 0.1) is 28.3 Å². The molecule has 146 valence electrons. The highest BCUT2D eigenvalue weighted by Crippen LogP contribution is 2.29. The van der Waals surface area contributed by atoms with Crippen molar-refractivity contribution in [2.24, 2.45) is 0 Å². The first kappa shape index (κ1) is 18.6. The largest absolute Gasteiger partial charge is 0.345 e. The number of fused-ring (bicyclic) bond motifs is 1. The van der Waals surface area contributed by atoms with Crippen molar-refractivity contribution >= 4 is 42.4 Å². The highest BCUT2D eigenvalue weighted by atomic mass is 32.2. The maximum Gasteiger partial charge on any atom is 0.236 e. The molecule has 9 heteroatoms. The first-order chi connectivity index (χ1) is 12.9. The van der Waals surface area contributed by atoms with Gasteiger partial charge >= 0.3 is 0 Å². The Bertz CT molecular complexity index is 902. The SMILES string of the molecule is CN(CC(=O)N1CCN(c2nc3ccccc3s2)CC1)C1CCS(=O)(=O)C1. The van der Waals surface area contributed by atoms with Gasteiger partial charge in [-0.1, -0.05) is 23.5 Å². The highest BCUT2D eigenvalue weighted by Gasteiger charge is 2.32. The minimum absolute atomic E-state index is 0.0389. The number of para-hydroxylation sites is 1. The van der Waals surface area contributed by atoms with E-state index in [2.05, 4.69) is 11.0 Å². The third-order valence-corrected chi connectivity index (χ3v) is 8.25. The lowest BCUT2D eigenvalue weighted by Gasteiger charge is -2.35. The number of benzene rings is 1. The molecule has 0 radical (unpaired) electrons. The van der Waals surface area contributed by atoms with Crippen LogP contribution in [0.1, 0.15) is 6.42 Å². The monoisotopic (exact) mass is 408 g/mol. The standard InChI is InChI=1S/C18H24N4O3S2/c1-20(14-6-11-27(24,25)13-14)12-17(23)21-7-9-22(10-8-21)18-19-15-4-2-3-5-16(15)26-18/h2-5,14H,6-13H2,1H3. The van der Waals surface area contributed by atoms with Crippen LogP contribution < -0.4 is 4.90 Å². The lowest BCUT2D eigenvalue weighted by Crippen LogP contribution is -2.52. The molecule has 1 amide bonds. The van der Waals surface area contributed by atoms with Crippen molar-refractivity contribution in [3.63, 3.8) is 0 Å². The molecule has 4 rings (SSSR count). The van der Waals surface area contributed by atoms with E-state index in [-0.39, 0.29) is 30.0 Å². The number of aromatic nitrogens is 1. The van der Waals surface area contributed by atoms with Gasteiger partial charge in [0.25, 0.3) is 0 Å². The van der Waals surface area contributed by atoms with Crippen LogP contribution in [0.4, 0.5) is 5.13 Å². The molecule has 2 aliphatic rings. The van der Waals surface area contributed by atoms with Crippen LogP contribution in [0.25, 0.3) is 10.2 Å². The number of nitrogens with zero attached hydrogens (tertiary/aromatic N) is 4. The Labute approximate surface area is 163 Å². The topological polar surface area (TPSA) is 73.8 Å². The summed E-state index contributed by atoms with van der Waals surface area (Å²) in [7, 11) is -1.08. The molecule has 2 aromatic rings. The lowest BCUT2D eigenvalue weighted by atomic mass is 10.2. The number of sulfone groups is 1. The first-order valence-corrected chi connectivity index (χ1v) is 11.8. The number of rotatable bonds is 4. The molecule has 3 heterocycles. The molecule has 27 heavy (non-hydrogen) atoms. The van der Waals surface area contributed by atoms with Gasteiger partial charge in [-0.05, 0) is 25.6 Å². The third-order valence-electron chi connectivity index (χ3n) is 5.40. The quantitative estimate of drug-likeness (QED) is 0.753. The van der Waals surface area contributed by atoms with Crippen LogP contribution in [0.3, 0.4) is 0 Å². The Morgan fingerprint density at radius 3 is 2.67 bits per heavy atom. The van der Waals surface area contributed by atoms with Gasteiger partial charge in [-0.2, -0.15) is 0 Å². The van der Waals surface area contributed by atoms with E-state index in [9.17, 15) is 13.2 Å². The van der Waals surface area contributed by atoms with E-state index in [0.717, 1.165) is 23.7 Å². The predicted molar refractivity (Wildman–Crippen MR) is 108 cm³/mol. The van der Waals surface area contributed by atoms with E-state index in [1.807, 2.05) is 35.0 Å². The summed E-state index contributed by atoms with van der Waals surface area (Å²) in [5.41, 5.74) is 1.02. The molecule has 2 aliphatic heterocycles. The maximum atomic E-state index is 12.6. The molecule has 1 atom stereocenters. The van der Waals surface area contributed by atoms with Gasteiger partial charge in [0.1, 0.15) is 0 Å². The van der Waals surface area contributed by atoms with E-state index >= 15 is 0 Å². The van der Waals surface area contributed by atoms with Gasteiger partial charge in [0, 0.05) is 32.2 Å². The summed E-state index contributed by atoms with van der Waals surface area (Å²) in [4.78, 5) is 23.3. The van der Waals surface area contributed by atoms with Crippen molar-refractivity contribution < 1.29 is 13.2 Å². The second-order valence-electron chi connectivity index (χ2n) is 7.30. The summed E-state index contributed by atoms with van der Waals surface area (Å²) in [6, 6.07) is 8.08. The first-order valence-electron chi connectivity index (χ1n) is 9.20. The fourth-order valence-corrected chi connectivity index (χ4v) is 6.53. The summed E-state index contributed by atoms with van der Waals surface area (Å²) in [5.74, 6) is 0.477. The Morgan fingerprint density at radius 2 is 2.00 bits per heavy atom. The number of anilines is 1. The fraction of sp³-hybridized carbons (Fsp3) is 0.556. The van der Waals surface area contributed by atoms with Crippen LogP contribution in [0.2, 0.25) is 0 Å². The normalized spacial score (nSPS) is 22.7. The van der Waals surface area contributed by atoms with E-state index < -0.39 is 9.84 Å². The van der Waals surface area contributed by atoms with Crippen molar-refractivity contribution in [3.8, 4) is 0 Å². The Kier molecular flexibility index (Phi) is 5.09. The second-order valence-corrected chi connectivity index (χ2v) is 10.5. The number of carbonyl (C=O) groups excluding carboxylic acids is 1. The summed E-state index contributed by atoms with van der Waals surface area (Å²) >= 11 is 1.69. The van der Waals surface area contributed by atoms with E-state index in [1.54, 1.807) is 11.3 Å². The van der Waals surface area contributed by atoms with Crippen LogP contribution in [0.5, 0.6) is 0 Å². The summed E-state index contributed by atoms with van der Waals surface area (Å²) in [5, 5.41) is 1.01. The fourth-order valence-electron chi connectivity index (χ4n) is 3.71. The lowest BCUT2D eigenvalue weighted by molar-refractivity contribution is -0.132. The second kappa shape index (κ2) is 7.37. The Morgan fingerprint density at radius 1 is 1.26 bits per heavy atom. The van der Waals surface area contributed by atoms with Gasteiger partial charge in [-0.25, -0.2) is 13.4 Å². The number of hydrogen-bond acceptors (Lipinski definition) is 7. The van der Waals surface area contributed by atoms with Gasteiger partial charge in [0.2, 0.25) is 5.91 Å². The zero-order chi connectivity index (χ0) is 19.0. The molecule has 0 saturated carbocycles. The van der Waals surface area contributed by atoms with Crippen molar-refractivity contribution in [1.82, 2.24) is 14.8 Å². The molecule has 0 spiro atoms. The van der Waals surface area contributed by atoms with Crippen LogP contribution in [0.15, 0.2) is 24.3 Å². The number of piperazine rings is 1. The van der Waals surface area contributed by atoms with E-state index in [4.69, 9.17) is 4.98 Å². The zero-order valence-corrected chi connectivity index (χ0v) is 17.0. The third kappa shape index (κ3) is 4.09. The Hall–Kier alpha value is -1.71. The predicted octanol–water partition coefficient (Wildman–Crippen LogP) is 1.06. The van der Waals surface area contributed by atoms with Crippen molar-refractivity contribution in [1.29, 1.82) is 0 Å². The molecule has 1 aromatic heterocycles. The van der Waals surface area contributed by atoms with Gasteiger partial charge in [-0.15, -0.1) is 0 Å². The van der Waals surface area contributed by atoms with Gasteiger partial charge in [-0.3, -0.25) is 9.69 Å². The average molecular weight is 409 g/mol. The maximum absolute atomic E-state index is 12.6. The van der Waals surface area contributed by atoms with E-state index in [1.165, 1.54) is 4.70 Å². The minimum Gasteiger partial charge on any atom is -0.345 e. The van der Waals surface area contributed by atoms with Crippen LogP contribution >= 0.6 is 11.3 Å². The zero-order valence-electron chi connectivity index (χ0n) is 15.4. The molecule has 1 unspecified atom stereocenters. The highest BCUT2D eigenvalue weighted by molar-refractivity contribution is 7.91. The number of carbonyl (C=O) groups is 1. The van der Waals surface area contributed by atoms with Crippen molar-refractivity contribution in [2.75, 3.05) is 56.2 Å². The van der Waals surface area contributed by atoms with Crippen LogP contribution in [0, 0.1) is 0 Å². The van der Waals surface area contributed by atoms with Gasteiger partial charge < -0.3 is 9.80 Å². The minimum atomic E-state index is -2.93. The molecule has 2 fully saturated rings. The molecule has 2 saturated heterocycles. The number of thiazole rings is 1. The van der Waals surface area contributed by atoms with E-state index in [0.29, 0.717) is 19.5 Å². The molecule has 0 aliphatic carbocycles. The summed E-state index contributed by atoms with van der Waals surface area (Å²) < 4.78 is 24.5. The van der Waals surface area contributed by atoms with Crippen LogP contribution in [-0.2, 0) is 14.6 Å². The number of amides is 1. The van der Waals surface area contributed by atoms with Gasteiger partial charge in [0.15, 0.2) is 15.0 Å². The van der Waals surface area contributed by atoms with Crippen LogP contribution in [-0.4, -0.2) is 86.4 Å². The molecule has 1 aromatic carbocycles. The Balaban J connectivity index is 1.31. The summed E-state index contributed by atoms with van der Waals surface area (Å²) in [6.07, 6.45) is 0.623. The molecular formula is C18H24N4O3S2. The van der Waals surface area contributed by atoms with Crippen molar-refractivity contribution in [3.05, 3.63) is 24.3 Å². The number of likely N-dealkylation sites (N-methyl/N-ethyl adjacent to an activating group) is 1. The summed E-state index contributed by atoms with van der Waals surface area (Å²) in [6.45, 7) is 3.17. The smallest absolute Gasteiger partial charge is 0.236 e. The number of hydrogen-bond donors (Lipinski definition) is 0. The molecule has 0 N–H and O–H groups in total. The van der Waals surface area contributed by atoms with Crippen molar-refractivity contribution in [2.45, 2.75) is 12.5 Å². The molecule has 7 nitrogen and oxygen atoms in total. The average Bonchev–Trinajstić information content (AvgIpc) is 3.24. The molecule has 0 bridgehead atoms. The molecular weight excluding hydrogens is 384 g/mol.